The second kappa shape index (κ2) is 3.18. The molecule has 0 spiro atoms. The van der Waals surface area contributed by atoms with Crippen molar-refractivity contribution in [3.63, 3.8) is 0 Å². The van der Waals surface area contributed by atoms with Crippen molar-refractivity contribution in [2.24, 2.45) is 0 Å². The molecule has 0 aliphatic rings. The summed E-state index contributed by atoms with van der Waals surface area (Å²) in [6.07, 6.45) is 2.08. The van der Waals surface area contributed by atoms with E-state index in [1.807, 2.05) is 6.07 Å². The van der Waals surface area contributed by atoms with E-state index >= 15 is 0 Å². The van der Waals surface area contributed by atoms with E-state index in [0.717, 1.165) is 5.69 Å². The van der Waals surface area contributed by atoms with E-state index in [-0.39, 0.29) is 0 Å². The summed E-state index contributed by atoms with van der Waals surface area (Å²) in [6, 6.07) is 4.04. The summed E-state index contributed by atoms with van der Waals surface area (Å²) in [6.45, 7) is 4.17. The third kappa shape index (κ3) is 1.51. The van der Waals surface area contributed by atoms with Crippen LogP contribution in [0.25, 0.3) is 0 Å². The maximum atomic E-state index is 5.73. The van der Waals surface area contributed by atoms with Crippen molar-refractivity contribution in [2.75, 3.05) is 12.0 Å². The molecule has 2 heteroatoms. The average molecular weight is 167 g/mol. The van der Waals surface area contributed by atoms with Crippen LogP contribution in [0.15, 0.2) is 17.0 Å². The van der Waals surface area contributed by atoms with Crippen LogP contribution in [0.2, 0.25) is 0 Å². The fourth-order valence-corrected chi connectivity index (χ4v) is 1.70. The molecular weight excluding hydrogens is 154 g/mol. The van der Waals surface area contributed by atoms with Crippen LogP contribution in [0, 0.1) is 13.8 Å². The summed E-state index contributed by atoms with van der Waals surface area (Å²) in [5.74, 6) is 0. The molecule has 60 valence electrons. The molecule has 0 unspecified atom stereocenters. The van der Waals surface area contributed by atoms with E-state index < -0.39 is 0 Å². The molecule has 2 N–H and O–H groups in total. The fraction of sp³-hybridized carbons (Fsp3) is 0.333. The van der Waals surface area contributed by atoms with Crippen LogP contribution in [0.5, 0.6) is 0 Å². The lowest BCUT2D eigenvalue weighted by molar-refractivity contribution is 1.24. The number of thioether (sulfide) groups is 1. The Hall–Kier alpha value is -0.630. The van der Waals surface area contributed by atoms with Gasteiger partial charge < -0.3 is 5.73 Å². The first-order chi connectivity index (χ1) is 5.16. The van der Waals surface area contributed by atoms with Gasteiger partial charge in [-0.2, -0.15) is 0 Å². The van der Waals surface area contributed by atoms with Crippen molar-refractivity contribution >= 4 is 17.4 Å². The second-order valence-electron chi connectivity index (χ2n) is 2.61. The van der Waals surface area contributed by atoms with Gasteiger partial charge in [0.05, 0.1) is 0 Å². The van der Waals surface area contributed by atoms with Crippen molar-refractivity contribution in [3.8, 4) is 0 Å². The van der Waals surface area contributed by atoms with Crippen LogP contribution in [0.1, 0.15) is 11.1 Å². The topological polar surface area (TPSA) is 26.0 Å². The fourth-order valence-electron chi connectivity index (χ4n) is 1.04. The Labute approximate surface area is 72.0 Å². The summed E-state index contributed by atoms with van der Waals surface area (Å²) >= 11 is 1.76. The minimum atomic E-state index is 0.889. The van der Waals surface area contributed by atoms with Gasteiger partial charge >= 0.3 is 0 Å². The van der Waals surface area contributed by atoms with Gasteiger partial charge in [0.2, 0.25) is 0 Å². The largest absolute Gasteiger partial charge is 0.399 e. The Kier molecular flexibility index (Phi) is 2.45. The Balaban J connectivity index is 3.25. The van der Waals surface area contributed by atoms with Crippen LogP contribution >= 0.6 is 11.8 Å². The molecule has 0 bridgehead atoms. The van der Waals surface area contributed by atoms with Crippen LogP contribution in [-0.2, 0) is 0 Å². The van der Waals surface area contributed by atoms with Gasteiger partial charge in [-0.3, -0.25) is 0 Å². The molecule has 1 nitrogen and oxygen atoms in total. The summed E-state index contributed by atoms with van der Waals surface area (Å²) in [5.41, 5.74) is 9.13. The zero-order chi connectivity index (χ0) is 8.43. The number of benzene rings is 1. The molecule has 0 saturated heterocycles. The molecule has 1 rings (SSSR count). The lowest BCUT2D eigenvalue weighted by Crippen LogP contribution is -1.93. The van der Waals surface area contributed by atoms with Crippen LogP contribution in [0.3, 0.4) is 0 Å². The maximum Gasteiger partial charge on any atom is 0.0347 e. The Morgan fingerprint density at radius 3 is 2.36 bits per heavy atom. The Morgan fingerprint density at radius 2 is 1.82 bits per heavy atom. The molecule has 11 heavy (non-hydrogen) atoms. The molecule has 0 atom stereocenters. The first-order valence-corrected chi connectivity index (χ1v) is 4.79. The lowest BCUT2D eigenvalue weighted by Gasteiger charge is -2.07. The summed E-state index contributed by atoms with van der Waals surface area (Å²) in [7, 11) is 0. The van der Waals surface area contributed by atoms with E-state index in [1.54, 1.807) is 11.8 Å². The zero-order valence-electron chi connectivity index (χ0n) is 7.14. The van der Waals surface area contributed by atoms with Crippen molar-refractivity contribution in [1.29, 1.82) is 0 Å². The second-order valence-corrected chi connectivity index (χ2v) is 3.46. The highest BCUT2D eigenvalue weighted by Gasteiger charge is 2.01. The molecule has 0 aliphatic heterocycles. The lowest BCUT2D eigenvalue weighted by atomic mass is 10.1. The normalized spacial score (nSPS) is 10.1. The summed E-state index contributed by atoms with van der Waals surface area (Å²) < 4.78 is 0. The van der Waals surface area contributed by atoms with E-state index in [9.17, 15) is 0 Å². The zero-order valence-corrected chi connectivity index (χ0v) is 7.96. The summed E-state index contributed by atoms with van der Waals surface area (Å²) in [5, 5.41) is 0. The van der Waals surface area contributed by atoms with Crippen molar-refractivity contribution in [1.82, 2.24) is 0 Å². The predicted octanol–water partition coefficient (Wildman–Crippen LogP) is 2.61. The first kappa shape index (κ1) is 8.47. The minimum Gasteiger partial charge on any atom is -0.399 e. The standard InChI is InChI=1S/C9H13NS/c1-6-7(2)9(11-3)5-4-8(6)10/h4-5H,10H2,1-3H3. The van der Waals surface area contributed by atoms with E-state index in [0.29, 0.717) is 0 Å². The van der Waals surface area contributed by atoms with Gasteiger partial charge in [0, 0.05) is 10.6 Å². The summed E-state index contributed by atoms with van der Waals surface area (Å²) in [4.78, 5) is 1.32. The monoisotopic (exact) mass is 167 g/mol. The minimum absolute atomic E-state index is 0.889. The van der Waals surface area contributed by atoms with Crippen LogP contribution in [-0.4, -0.2) is 6.26 Å². The van der Waals surface area contributed by atoms with Gasteiger partial charge in [0.25, 0.3) is 0 Å². The maximum absolute atomic E-state index is 5.73. The van der Waals surface area contributed by atoms with Crippen molar-refractivity contribution < 1.29 is 0 Å². The van der Waals surface area contributed by atoms with Gasteiger partial charge in [0.15, 0.2) is 0 Å². The highest BCUT2D eigenvalue weighted by atomic mass is 32.2. The van der Waals surface area contributed by atoms with Gasteiger partial charge in [-0.05, 0) is 43.4 Å². The molecule has 0 fully saturated rings. The highest BCUT2D eigenvalue weighted by Crippen LogP contribution is 2.25. The number of nitrogen functional groups attached to an aromatic ring is 1. The predicted molar refractivity (Wildman–Crippen MR) is 52.1 cm³/mol. The number of rotatable bonds is 1. The van der Waals surface area contributed by atoms with Gasteiger partial charge in [-0.15, -0.1) is 11.8 Å². The molecule has 0 radical (unpaired) electrons. The molecule has 1 aromatic rings. The molecule has 0 aliphatic carbocycles. The SMILES string of the molecule is CSc1ccc(N)c(C)c1C. The first-order valence-electron chi connectivity index (χ1n) is 3.56. The number of nitrogens with two attached hydrogens (primary N) is 1. The van der Waals surface area contributed by atoms with Gasteiger partial charge in [-0.1, -0.05) is 0 Å². The molecular formula is C9H13NS. The molecule has 0 amide bonds. The Morgan fingerprint density at radius 1 is 1.18 bits per heavy atom. The Bertz CT molecular complexity index is 269. The molecule has 0 saturated carbocycles. The highest BCUT2D eigenvalue weighted by molar-refractivity contribution is 7.98. The van der Waals surface area contributed by atoms with Crippen LogP contribution in [0.4, 0.5) is 5.69 Å². The van der Waals surface area contributed by atoms with Gasteiger partial charge in [-0.25, -0.2) is 0 Å². The third-order valence-electron chi connectivity index (χ3n) is 2.00. The molecule has 0 aromatic heterocycles. The number of hydrogen-bond donors (Lipinski definition) is 1. The molecule has 0 heterocycles. The van der Waals surface area contributed by atoms with Crippen LogP contribution < -0.4 is 5.73 Å². The average Bonchev–Trinajstić information content (AvgIpc) is 2.01. The van der Waals surface area contributed by atoms with E-state index in [2.05, 4.69) is 26.2 Å². The van der Waals surface area contributed by atoms with Crippen molar-refractivity contribution in [2.45, 2.75) is 18.7 Å². The number of hydrogen-bond acceptors (Lipinski definition) is 2. The third-order valence-corrected chi connectivity index (χ3v) is 2.88. The van der Waals surface area contributed by atoms with E-state index in [1.165, 1.54) is 16.0 Å². The molecule has 1 aromatic carbocycles. The van der Waals surface area contributed by atoms with Crippen molar-refractivity contribution in [3.05, 3.63) is 23.3 Å². The quantitative estimate of drug-likeness (QED) is 0.514. The number of anilines is 1. The van der Waals surface area contributed by atoms with E-state index in [4.69, 9.17) is 5.73 Å². The van der Waals surface area contributed by atoms with Gasteiger partial charge in [0.1, 0.15) is 0 Å². The smallest absolute Gasteiger partial charge is 0.0347 e.